The van der Waals surface area contributed by atoms with E-state index in [0.29, 0.717) is 6.61 Å². The van der Waals surface area contributed by atoms with Gasteiger partial charge in [-0.15, -0.1) is 22.7 Å². The van der Waals surface area contributed by atoms with Gasteiger partial charge in [-0.05, 0) is 0 Å². The lowest BCUT2D eigenvalue weighted by Crippen LogP contribution is -2.26. The predicted molar refractivity (Wildman–Crippen MR) is 84.6 cm³/mol. The summed E-state index contributed by atoms with van der Waals surface area (Å²) < 4.78 is 5.11. The van der Waals surface area contributed by atoms with Crippen LogP contribution in [0.2, 0.25) is 0 Å². The number of nitrogens with one attached hydrogen (secondary N) is 1. The number of hydrogen-bond donors (Lipinski definition) is 1. The second-order valence-corrected chi connectivity index (χ2v) is 7.22. The van der Waals surface area contributed by atoms with Gasteiger partial charge in [0.15, 0.2) is 0 Å². The zero-order chi connectivity index (χ0) is 14.6. The van der Waals surface area contributed by atoms with Crippen molar-refractivity contribution in [3.05, 3.63) is 32.7 Å². The Hall–Kier alpha value is -0.820. The van der Waals surface area contributed by atoms with E-state index in [2.05, 4.69) is 41.8 Å². The fourth-order valence-corrected chi connectivity index (χ4v) is 3.46. The summed E-state index contributed by atoms with van der Waals surface area (Å²) in [4.78, 5) is 9.22. The maximum atomic E-state index is 5.11. The van der Waals surface area contributed by atoms with E-state index in [9.17, 15) is 0 Å². The van der Waals surface area contributed by atoms with Crippen LogP contribution in [0.3, 0.4) is 0 Å². The number of nitrogens with zero attached hydrogens (tertiary/aromatic N) is 2. The SMILES string of the molecule is COCCNC(c1cscn1)c1nc(C(C)(C)C)cs1. The van der Waals surface area contributed by atoms with Crippen LogP contribution in [0.1, 0.15) is 43.2 Å². The maximum absolute atomic E-state index is 5.11. The third-order valence-electron chi connectivity index (χ3n) is 2.94. The Morgan fingerprint density at radius 2 is 2.15 bits per heavy atom. The summed E-state index contributed by atoms with van der Waals surface area (Å²) in [6, 6.07) is 0.0532. The quantitative estimate of drug-likeness (QED) is 0.832. The summed E-state index contributed by atoms with van der Waals surface area (Å²) in [5.41, 5.74) is 4.10. The summed E-state index contributed by atoms with van der Waals surface area (Å²) in [6.07, 6.45) is 0. The highest BCUT2D eigenvalue weighted by Gasteiger charge is 2.23. The van der Waals surface area contributed by atoms with Crippen LogP contribution in [-0.4, -0.2) is 30.2 Å². The van der Waals surface area contributed by atoms with Gasteiger partial charge in [0.25, 0.3) is 0 Å². The maximum Gasteiger partial charge on any atom is 0.116 e. The molecule has 4 nitrogen and oxygen atoms in total. The van der Waals surface area contributed by atoms with E-state index in [4.69, 9.17) is 9.72 Å². The molecule has 6 heteroatoms. The van der Waals surface area contributed by atoms with Crippen LogP contribution in [0, 0.1) is 0 Å². The topological polar surface area (TPSA) is 47.0 Å². The summed E-state index contributed by atoms with van der Waals surface area (Å²) in [5.74, 6) is 0. The van der Waals surface area contributed by atoms with E-state index in [1.165, 1.54) is 0 Å². The molecular formula is C14H21N3OS2. The summed E-state index contributed by atoms with van der Waals surface area (Å²) in [6.45, 7) is 8.01. The molecule has 1 atom stereocenters. The van der Waals surface area contributed by atoms with Gasteiger partial charge in [0.1, 0.15) is 11.0 Å². The highest BCUT2D eigenvalue weighted by atomic mass is 32.1. The van der Waals surface area contributed by atoms with Crippen molar-refractivity contribution in [1.29, 1.82) is 0 Å². The molecule has 0 aliphatic rings. The largest absolute Gasteiger partial charge is 0.383 e. The minimum Gasteiger partial charge on any atom is -0.383 e. The van der Waals surface area contributed by atoms with Crippen LogP contribution in [0.25, 0.3) is 0 Å². The van der Waals surface area contributed by atoms with Crippen LogP contribution in [0.5, 0.6) is 0 Å². The Labute approximate surface area is 128 Å². The molecule has 2 heterocycles. The van der Waals surface area contributed by atoms with Gasteiger partial charge < -0.3 is 10.1 Å². The van der Waals surface area contributed by atoms with Crippen molar-refractivity contribution < 1.29 is 4.74 Å². The van der Waals surface area contributed by atoms with Crippen LogP contribution < -0.4 is 5.32 Å². The zero-order valence-electron chi connectivity index (χ0n) is 12.3. The molecule has 0 bridgehead atoms. The Bertz CT molecular complexity index is 517. The molecule has 0 saturated carbocycles. The molecule has 2 rings (SSSR count). The fourth-order valence-electron chi connectivity index (χ4n) is 1.75. The second-order valence-electron chi connectivity index (χ2n) is 5.61. The molecule has 2 aromatic heterocycles. The van der Waals surface area contributed by atoms with Gasteiger partial charge in [-0.1, -0.05) is 20.8 Å². The average molecular weight is 311 g/mol. The molecule has 0 radical (unpaired) electrons. The Morgan fingerprint density at radius 3 is 2.70 bits per heavy atom. The zero-order valence-corrected chi connectivity index (χ0v) is 14.0. The third kappa shape index (κ3) is 3.85. The van der Waals surface area contributed by atoms with E-state index in [1.807, 2.05) is 5.51 Å². The van der Waals surface area contributed by atoms with Crippen molar-refractivity contribution in [1.82, 2.24) is 15.3 Å². The van der Waals surface area contributed by atoms with Crippen molar-refractivity contribution >= 4 is 22.7 Å². The molecule has 0 fully saturated rings. The van der Waals surface area contributed by atoms with Gasteiger partial charge >= 0.3 is 0 Å². The number of aromatic nitrogens is 2. The Morgan fingerprint density at radius 1 is 1.35 bits per heavy atom. The smallest absolute Gasteiger partial charge is 0.116 e. The summed E-state index contributed by atoms with van der Waals surface area (Å²) >= 11 is 3.30. The van der Waals surface area contributed by atoms with Crippen LogP contribution >= 0.6 is 22.7 Å². The number of hydrogen-bond acceptors (Lipinski definition) is 6. The van der Waals surface area contributed by atoms with Gasteiger partial charge in [-0.3, -0.25) is 0 Å². The molecular weight excluding hydrogens is 290 g/mol. The monoisotopic (exact) mass is 311 g/mol. The van der Waals surface area contributed by atoms with Gasteiger partial charge in [0.05, 0.1) is 23.5 Å². The van der Waals surface area contributed by atoms with Gasteiger partial charge in [-0.2, -0.15) is 0 Å². The number of rotatable bonds is 6. The van der Waals surface area contributed by atoms with E-state index in [0.717, 1.165) is 22.9 Å². The molecule has 0 aliphatic heterocycles. The highest BCUT2D eigenvalue weighted by molar-refractivity contribution is 7.10. The molecule has 2 aromatic rings. The first-order valence-electron chi connectivity index (χ1n) is 6.58. The molecule has 1 unspecified atom stereocenters. The fraction of sp³-hybridized carbons (Fsp3) is 0.571. The predicted octanol–water partition coefficient (Wildman–Crippen LogP) is 3.22. The van der Waals surface area contributed by atoms with Crippen LogP contribution in [0.4, 0.5) is 0 Å². The van der Waals surface area contributed by atoms with Crippen LogP contribution in [-0.2, 0) is 10.2 Å². The van der Waals surface area contributed by atoms with Crippen molar-refractivity contribution in [3.8, 4) is 0 Å². The van der Waals surface area contributed by atoms with Gasteiger partial charge in [0.2, 0.25) is 0 Å². The van der Waals surface area contributed by atoms with Gasteiger partial charge in [-0.25, -0.2) is 9.97 Å². The van der Waals surface area contributed by atoms with Crippen molar-refractivity contribution in [2.75, 3.05) is 20.3 Å². The molecule has 0 aliphatic carbocycles. The number of ether oxygens (including phenoxy) is 1. The van der Waals surface area contributed by atoms with Crippen molar-refractivity contribution in [2.24, 2.45) is 0 Å². The van der Waals surface area contributed by atoms with E-state index >= 15 is 0 Å². The highest BCUT2D eigenvalue weighted by Crippen LogP contribution is 2.29. The normalized spacial score (nSPS) is 13.6. The summed E-state index contributed by atoms with van der Waals surface area (Å²) in [5, 5.41) is 8.76. The number of thiazole rings is 2. The minimum atomic E-state index is 0.0532. The molecule has 0 spiro atoms. The number of methoxy groups -OCH3 is 1. The standard InChI is InChI=1S/C14H21N3OS2/c1-14(2,3)11-8-20-13(17-11)12(15-5-6-18-4)10-7-19-9-16-10/h7-9,12,15H,5-6H2,1-4H3. The van der Waals surface area contributed by atoms with E-state index < -0.39 is 0 Å². The van der Waals surface area contributed by atoms with Crippen molar-refractivity contribution in [2.45, 2.75) is 32.2 Å². The van der Waals surface area contributed by atoms with Crippen molar-refractivity contribution in [3.63, 3.8) is 0 Å². The van der Waals surface area contributed by atoms with E-state index in [-0.39, 0.29) is 11.5 Å². The molecule has 0 aromatic carbocycles. The lowest BCUT2D eigenvalue weighted by molar-refractivity contribution is 0.197. The molecule has 110 valence electrons. The minimum absolute atomic E-state index is 0.0532. The lowest BCUT2D eigenvalue weighted by Gasteiger charge is -2.16. The van der Waals surface area contributed by atoms with Gasteiger partial charge in [0, 0.05) is 29.8 Å². The first kappa shape index (κ1) is 15.6. The molecule has 20 heavy (non-hydrogen) atoms. The molecule has 1 N–H and O–H groups in total. The Kier molecular flexibility index (Phi) is 5.26. The molecule has 0 saturated heterocycles. The van der Waals surface area contributed by atoms with Crippen LogP contribution in [0.15, 0.2) is 16.3 Å². The third-order valence-corrected chi connectivity index (χ3v) is 4.45. The first-order chi connectivity index (χ1) is 9.52. The molecule has 0 amide bonds. The first-order valence-corrected chi connectivity index (χ1v) is 8.41. The lowest BCUT2D eigenvalue weighted by atomic mass is 9.93. The second kappa shape index (κ2) is 6.76. The average Bonchev–Trinajstić information content (AvgIpc) is 3.05. The summed E-state index contributed by atoms with van der Waals surface area (Å²) in [7, 11) is 1.71. The van der Waals surface area contributed by atoms with E-state index in [1.54, 1.807) is 29.8 Å². The Balaban J connectivity index is 2.20.